The summed E-state index contributed by atoms with van der Waals surface area (Å²) in [6.45, 7) is 8.33. The zero-order valence-electron chi connectivity index (χ0n) is 19.5. The van der Waals surface area contributed by atoms with Crippen LogP contribution >= 0.6 is 0 Å². The predicted octanol–water partition coefficient (Wildman–Crippen LogP) is -0.287. The maximum Gasteiger partial charge on any atom is 0.246 e. The summed E-state index contributed by atoms with van der Waals surface area (Å²) in [6.07, 6.45) is 2.88. The monoisotopic (exact) mass is 448 g/mol. The maximum absolute atomic E-state index is 12.4. The number of carbonyl (C=O) groups excluding carboxylic acids is 2. The van der Waals surface area contributed by atoms with Crippen LogP contribution in [0, 0.1) is 10.8 Å². The molecule has 0 saturated heterocycles. The molecule has 2 amide bonds. The minimum atomic E-state index is -0.345. The van der Waals surface area contributed by atoms with E-state index in [-0.39, 0.29) is 61.2 Å². The molecule has 1 aliphatic carbocycles. The van der Waals surface area contributed by atoms with Crippen molar-refractivity contribution in [1.82, 2.24) is 40.2 Å². The Bertz CT molecular complexity index is 863. The lowest BCUT2D eigenvalue weighted by molar-refractivity contribution is -0.146. The van der Waals surface area contributed by atoms with E-state index in [4.69, 9.17) is 9.47 Å². The number of aromatic nitrogens is 6. The third kappa shape index (κ3) is 4.96. The van der Waals surface area contributed by atoms with E-state index in [0.717, 1.165) is 0 Å². The van der Waals surface area contributed by atoms with E-state index in [1.165, 1.54) is 12.7 Å². The Balaban J connectivity index is 1.45. The Kier molecular flexibility index (Phi) is 6.94. The highest BCUT2D eigenvalue weighted by atomic mass is 16.5. The first-order chi connectivity index (χ1) is 15.0. The van der Waals surface area contributed by atoms with Gasteiger partial charge in [-0.05, 0) is 0 Å². The third-order valence-electron chi connectivity index (χ3n) is 6.13. The van der Waals surface area contributed by atoms with E-state index in [1.807, 2.05) is 27.7 Å². The van der Waals surface area contributed by atoms with Crippen LogP contribution in [0.25, 0.3) is 0 Å². The van der Waals surface area contributed by atoms with Crippen molar-refractivity contribution >= 4 is 11.8 Å². The molecule has 0 spiro atoms. The molecule has 1 saturated carbocycles. The molecular formula is C20H32N8O4. The minimum absolute atomic E-state index is 0.0809. The number of nitrogens with one attached hydrogen (secondary N) is 2. The Morgan fingerprint density at radius 3 is 1.53 bits per heavy atom. The lowest BCUT2D eigenvalue weighted by atomic mass is 9.48. The van der Waals surface area contributed by atoms with Gasteiger partial charge in [-0.25, -0.2) is 9.97 Å². The summed E-state index contributed by atoms with van der Waals surface area (Å²) in [6, 6.07) is -0.267. The Morgan fingerprint density at radius 2 is 1.22 bits per heavy atom. The number of ether oxygens (including phenoxy) is 2. The fourth-order valence-electron chi connectivity index (χ4n) is 4.68. The zero-order valence-corrected chi connectivity index (χ0v) is 19.5. The first-order valence-corrected chi connectivity index (χ1v) is 10.4. The number of aryl methyl sites for hydroxylation is 2. The quantitative estimate of drug-likeness (QED) is 0.506. The second-order valence-electron chi connectivity index (χ2n) is 9.23. The van der Waals surface area contributed by atoms with Crippen LogP contribution in [0.1, 0.15) is 39.3 Å². The summed E-state index contributed by atoms with van der Waals surface area (Å²) in [4.78, 5) is 33.0. The van der Waals surface area contributed by atoms with Crippen molar-refractivity contribution in [2.24, 2.45) is 24.9 Å². The van der Waals surface area contributed by atoms with Crippen LogP contribution in [0.3, 0.4) is 0 Å². The molecule has 12 heteroatoms. The molecule has 176 valence electrons. The van der Waals surface area contributed by atoms with Crippen molar-refractivity contribution in [2.75, 3.05) is 13.2 Å². The van der Waals surface area contributed by atoms with Gasteiger partial charge >= 0.3 is 0 Å². The number of hydrogen-bond acceptors (Lipinski definition) is 8. The maximum atomic E-state index is 12.4. The average Bonchev–Trinajstić information content (AvgIpc) is 3.32. The molecule has 2 N–H and O–H groups in total. The van der Waals surface area contributed by atoms with Gasteiger partial charge in [0, 0.05) is 37.0 Å². The molecule has 2 aromatic rings. The van der Waals surface area contributed by atoms with E-state index in [2.05, 4.69) is 30.8 Å². The van der Waals surface area contributed by atoms with Crippen LogP contribution < -0.4 is 10.6 Å². The van der Waals surface area contributed by atoms with Crippen molar-refractivity contribution in [3.05, 3.63) is 24.3 Å². The zero-order chi connectivity index (χ0) is 23.5. The smallest absolute Gasteiger partial charge is 0.246 e. The van der Waals surface area contributed by atoms with E-state index in [1.54, 1.807) is 23.5 Å². The lowest BCUT2D eigenvalue weighted by Crippen LogP contribution is -2.77. The van der Waals surface area contributed by atoms with Crippen molar-refractivity contribution in [2.45, 2.75) is 53.0 Å². The van der Waals surface area contributed by atoms with Crippen LogP contribution in [-0.4, -0.2) is 66.6 Å². The predicted molar refractivity (Wildman–Crippen MR) is 113 cm³/mol. The first-order valence-electron chi connectivity index (χ1n) is 10.4. The Hall–Kier alpha value is -2.86. The van der Waals surface area contributed by atoms with Crippen LogP contribution in [-0.2, 0) is 46.4 Å². The molecule has 3 rings (SSSR count). The summed E-state index contributed by atoms with van der Waals surface area (Å²) < 4.78 is 14.1. The summed E-state index contributed by atoms with van der Waals surface area (Å²) in [5.74, 6) is 0.864. The Labute approximate surface area is 187 Å². The second-order valence-corrected chi connectivity index (χ2v) is 9.23. The molecule has 0 aromatic carbocycles. The lowest BCUT2D eigenvalue weighted by Gasteiger charge is -2.64. The van der Waals surface area contributed by atoms with Gasteiger partial charge in [-0.2, -0.15) is 10.2 Å². The van der Waals surface area contributed by atoms with Crippen LogP contribution in [0.2, 0.25) is 0 Å². The summed E-state index contributed by atoms with van der Waals surface area (Å²) >= 11 is 0. The standard InChI is InChI=1S/C20H32N8O4/c1-19(2)17(25-15(29)9-31-7-13-21-11-23-27(13)5)20(3,4)18(19)26-16(30)10-32-8-14-22-12-24-28(14)6/h11-12,17-18H,7-10H2,1-6H3,(H,25,29)(H,26,30). The molecule has 32 heavy (non-hydrogen) atoms. The molecule has 2 aromatic heterocycles. The molecular weight excluding hydrogens is 416 g/mol. The van der Waals surface area contributed by atoms with Gasteiger partial charge in [0.25, 0.3) is 0 Å². The normalized spacial score (nSPS) is 21.1. The van der Waals surface area contributed by atoms with Gasteiger partial charge in [0.05, 0.1) is 0 Å². The highest BCUT2D eigenvalue weighted by Gasteiger charge is 2.62. The molecule has 12 nitrogen and oxygen atoms in total. The Morgan fingerprint density at radius 1 is 0.844 bits per heavy atom. The summed E-state index contributed by atoms with van der Waals surface area (Å²) in [5.41, 5.74) is -0.690. The number of carbonyl (C=O) groups is 2. The molecule has 0 bridgehead atoms. The molecule has 1 aliphatic rings. The van der Waals surface area contributed by atoms with Crippen LogP contribution in [0.15, 0.2) is 12.7 Å². The van der Waals surface area contributed by atoms with Gasteiger partial charge in [-0.1, -0.05) is 27.7 Å². The minimum Gasteiger partial charge on any atom is -0.364 e. The fraction of sp³-hybridized carbons (Fsp3) is 0.700. The van der Waals surface area contributed by atoms with Gasteiger partial charge in [0.2, 0.25) is 11.8 Å². The van der Waals surface area contributed by atoms with Crippen molar-refractivity contribution < 1.29 is 19.1 Å². The number of rotatable bonds is 10. The second kappa shape index (κ2) is 9.33. The van der Waals surface area contributed by atoms with Gasteiger partial charge in [-0.3, -0.25) is 19.0 Å². The van der Waals surface area contributed by atoms with Crippen molar-refractivity contribution in [3.63, 3.8) is 0 Å². The number of nitrogens with zero attached hydrogens (tertiary/aromatic N) is 6. The van der Waals surface area contributed by atoms with E-state index in [0.29, 0.717) is 11.6 Å². The molecule has 0 unspecified atom stereocenters. The SMILES string of the molecule is Cn1ncnc1COCC(=O)NC1C(C)(C)C(NC(=O)COCc2ncnn2C)C1(C)C. The highest BCUT2D eigenvalue weighted by molar-refractivity contribution is 5.79. The fourth-order valence-corrected chi connectivity index (χ4v) is 4.68. The average molecular weight is 449 g/mol. The van der Waals surface area contributed by atoms with Gasteiger partial charge < -0.3 is 20.1 Å². The highest BCUT2D eigenvalue weighted by Crippen LogP contribution is 2.53. The van der Waals surface area contributed by atoms with E-state index >= 15 is 0 Å². The molecule has 0 radical (unpaired) electrons. The summed E-state index contributed by atoms with van der Waals surface area (Å²) in [7, 11) is 3.53. The first kappa shape index (κ1) is 23.8. The van der Waals surface area contributed by atoms with Gasteiger partial charge in [0.1, 0.15) is 39.1 Å². The molecule has 1 fully saturated rings. The van der Waals surface area contributed by atoms with Gasteiger partial charge in [-0.15, -0.1) is 0 Å². The van der Waals surface area contributed by atoms with Crippen LogP contribution in [0.4, 0.5) is 0 Å². The van der Waals surface area contributed by atoms with E-state index in [9.17, 15) is 9.59 Å². The number of hydrogen-bond donors (Lipinski definition) is 2. The van der Waals surface area contributed by atoms with Crippen molar-refractivity contribution in [1.29, 1.82) is 0 Å². The third-order valence-corrected chi connectivity index (χ3v) is 6.13. The number of amides is 2. The summed E-state index contributed by atoms with van der Waals surface area (Å²) in [5, 5.41) is 14.0. The van der Waals surface area contributed by atoms with Crippen molar-refractivity contribution in [3.8, 4) is 0 Å². The molecule has 0 aliphatic heterocycles. The van der Waals surface area contributed by atoms with Gasteiger partial charge in [0.15, 0.2) is 11.6 Å². The molecule has 0 atom stereocenters. The largest absolute Gasteiger partial charge is 0.364 e. The van der Waals surface area contributed by atoms with E-state index < -0.39 is 0 Å². The topological polar surface area (TPSA) is 138 Å². The van der Waals surface area contributed by atoms with Crippen LogP contribution in [0.5, 0.6) is 0 Å². The molecule has 2 heterocycles.